The van der Waals surface area contributed by atoms with Gasteiger partial charge in [0, 0.05) is 38.6 Å². The van der Waals surface area contributed by atoms with E-state index in [9.17, 15) is 9.59 Å². The molecule has 2 fully saturated rings. The summed E-state index contributed by atoms with van der Waals surface area (Å²) in [4.78, 5) is 38.0. The van der Waals surface area contributed by atoms with Crippen LogP contribution in [0.15, 0.2) is 29.1 Å². The smallest absolute Gasteiger partial charge is 0.354 e. The third kappa shape index (κ3) is 8.18. The average molecular weight is 636 g/mol. The Morgan fingerprint density at radius 1 is 0.978 bits per heavy atom. The molecule has 0 N–H and O–H groups in total. The van der Waals surface area contributed by atoms with Gasteiger partial charge in [-0.25, -0.2) is 9.78 Å². The van der Waals surface area contributed by atoms with E-state index < -0.39 is 6.10 Å². The largest absolute Gasteiger partial charge is 0.492 e. The first-order valence-electron chi connectivity index (χ1n) is 17.7. The van der Waals surface area contributed by atoms with E-state index in [4.69, 9.17) is 19.3 Å². The highest BCUT2D eigenvalue weighted by atomic mass is 16.7. The predicted molar refractivity (Wildman–Crippen MR) is 179 cm³/mol. The number of hydroxylamine groups is 2. The Kier molecular flexibility index (Phi) is 12.3. The Morgan fingerprint density at radius 2 is 1.63 bits per heavy atom. The molecule has 0 saturated heterocycles. The second-order valence-corrected chi connectivity index (χ2v) is 12.9. The van der Waals surface area contributed by atoms with Crippen LogP contribution in [0, 0.1) is 0 Å². The molecule has 0 amide bonds. The number of fused-ring (bicyclic) bond motifs is 1. The fourth-order valence-corrected chi connectivity index (χ4v) is 7.15. The summed E-state index contributed by atoms with van der Waals surface area (Å²) >= 11 is 0. The van der Waals surface area contributed by atoms with Crippen molar-refractivity contribution >= 4 is 17.0 Å². The Bertz CT molecular complexity index is 1450. The molecule has 0 radical (unpaired) electrons. The lowest BCUT2D eigenvalue weighted by Gasteiger charge is -2.40. The van der Waals surface area contributed by atoms with Gasteiger partial charge < -0.3 is 14.3 Å². The van der Waals surface area contributed by atoms with Gasteiger partial charge in [0.1, 0.15) is 23.7 Å². The minimum atomic E-state index is -0.668. The molecule has 3 aromatic rings. The molecule has 10 nitrogen and oxygen atoms in total. The van der Waals surface area contributed by atoms with Crippen molar-refractivity contribution in [2.75, 3.05) is 13.2 Å². The van der Waals surface area contributed by atoms with Crippen LogP contribution in [0.2, 0.25) is 0 Å². The first-order chi connectivity index (χ1) is 22.4. The minimum Gasteiger partial charge on any atom is -0.492 e. The maximum atomic E-state index is 13.5. The van der Waals surface area contributed by atoms with Gasteiger partial charge in [-0.05, 0) is 56.7 Å². The molecule has 252 valence electrons. The molecule has 0 bridgehead atoms. The van der Waals surface area contributed by atoms with Crippen LogP contribution in [0.5, 0.6) is 5.75 Å². The summed E-state index contributed by atoms with van der Waals surface area (Å²) in [7, 11) is 1.80. The number of nitrogens with zero attached hydrogens (tertiary/aromatic N) is 5. The van der Waals surface area contributed by atoms with Gasteiger partial charge in [-0.15, -0.1) is 5.06 Å². The molecule has 1 atom stereocenters. The van der Waals surface area contributed by atoms with Crippen molar-refractivity contribution in [3.63, 3.8) is 0 Å². The Hall–Kier alpha value is -3.24. The summed E-state index contributed by atoms with van der Waals surface area (Å²) in [6.07, 6.45) is 13.8. The van der Waals surface area contributed by atoms with Crippen LogP contribution in [-0.2, 0) is 47.2 Å². The van der Waals surface area contributed by atoms with Gasteiger partial charge in [-0.2, -0.15) is 5.10 Å². The van der Waals surface area contributed by atoms with E-state index in [-0.39, 0.29) is 11.5 Å². The van der Waals surface area contributed by atoms with E-state index in [1.807, 2.05) is 38.1 Å². The SMILES string of the molecule is CCCc1nn(C)c2c(=O)n(CCOc3ccc(CC(OCC)C(=O)ON(C4CCCCC4)C4CCCCC4)cc3)c(CC)nc12. The fraction of sp³-hybridized carbons (Fsp3) is 0.667. The topological polar surface area (TPSA) is 101 Å². The van der Waals surface area contributed by atoms with E-state index in [0.29, 0.717) is 61.5 Å². The van der Waals surface area contributed by atoms with Crippen LogP contribution in [0.25, 0.3) is 11.0 Å². The number of hydrogen-bond donors (Lipinski definition) is 0. The monoisotopic (exact) mass is 635 g/mol. The molecular weight excluding hydrogens is 582 g/mol. The van der Waals surface area contributed by atoms with Crippen LogP contribution >= 0.6 is 0 Å². The molecule has 2 aromatic heterocycles. The molecule has 2 aliphatic carbocycles. The highest BCUT2D eigenvalue weighted by molar-refractivity contribution is 5.77. The second kappa shape index (κ2) is 16.5. The zero-order chi connectivity index (χ0) is 32.5. The molecule has 2 saturated carbocycles. The summed E-state index contributed by atoms with van der Waals surface area (Å²) in [5.41, 5.74) is 3.01. The van der Waals surface area contributed by atoms with Gasteiger partial charge in [-0.1, -0.05) is 70.9 Å². The third-order valence-electron chi connectivity index (χ3n) is 9.52. The summed E-state index contributed by atoms with van der Waals surface area (Å²) in [6.45, 7) is 7.17. The molecule has 2 aliphatic rings. The quantitative estimate of drug-likeness (QED) is 0.185. The molecule has 10 heteroatoms. The van der Waals surface area contributed by atoms with Gasteiger partial charge in [0.25, 0.3) is 5.56 Å². The molecule has 2 heterocycles. The van der Waals surface area contributed by atoms with Crippen LogP contribution < -0.4 is 10.3 Å². The molecule has 1 aromatic carbocycles. The lowest BCUT2D eigenvalue weighted by atomic mass is 9.90. The number of rotatable bonds is 15. The minimum absolute atomic E-state index is 0.0856. The van der Waals surface area contributed by atoms with Crippen molar-refractivity contribution in [2.45, 2.75) is 135 Å². The van der Waals surface area contributed by atoms with Gasteiger partial charge in [0.2, 0.25) is 0 Å². The zero-order valence-electron chi connectivity index (χ0n) is 28.3. The van der Waals surface area contributed by atoms with Gasteiger partial charge >= 0.3 is 5.97 Å². The third-order valence-corrected chi connectivity index (χ3v) is 9.52. The maximum absolute atomic E-state index is 13.5. The number of carbonyl (C=O) groups excluding carboxylic acids is 1. The van der Waals surface area contributed by atoms with Crippen molar-refractivity contribution in [1.29, 1.82) is 0 Å². The second-order valence-electron chi connectivity index (χ2n) is 12.9. The first-order valence-corrected chi connectivity index (χ1v) is 17.7. The number of aryl methyl sites for hydroxylation is 3. The molecule has 0 spiro atoms. The molecule has 1 unspecified atom stereocenters. The predicted octanol–water partition coefficient (Wildman–Crippen LogP) is 6.10. The Morgan fingerprint density at radius 3 is 2.22 bits per heavy atom. The highest BCUT2D eigenvalue weighted by Gasteiger charge is 2.34. The zero-order valence-corrected chi connectivity index (χ0v) is 28.3. The standard InChI is InChI=1S/C36H53N5O5/c1-5-14-30-33-34(39(4)38-30)35(42)40(32(6-2)37-33)23-24-45-29-21-19-26(20-22-29)25-31(44-7-3)36(43)46-41(27-15-10-8-11-16-27)28-17-12-9-13-18-28/h19-22,27-28,31H,5-18,23-25H2,1-4H3. The van der Waals surface area contributed by atoms with Crippen LogP contribution in [0.1, 0.15) is 108 Å². The van der Waals surface area contributed by atoms with Gasteiger partial charge in [0.15, 0.2) is 11.6 Å². The maximum Gasteiger partial charge on any atom is 0.354 e. The van der Waals surface area contributed by atoms with E-state index >= 15 is 0 Å². The number of benzene rings is 1. The van der Waals surface area contributed by atoms with Crippen LogP contribution in [-0.4, -0.2) is 61.8 Å². The van der Waals surface area contributed by atoms with E-state index in [1.54, 1.807) is 16.3 Å². The fourth-order valence-electron chi connectivity index (χ4n) is 7.15. The molecule has 0 aliphatic heterocycles. The lowest BCUT2D eigenvalue weighted by Crippen LogP contribution is -2.48. The molecular formula is C36H53N5O5. The number of aromatic nitrogens is 4. The van der Waals surface area contributed by atoms with Crippen LogP contribution in [0.4, 0.5) is 0 Å². The average Bonchev–Trinajstić information content (AvgIpc) is 3.40. The summed E-state index contributed by atoms with van der Waals surface area (Å²) in [5, 5.41) is 6.64. The van der Waals surface area contributed by atoms with E-state index in [0.717, 1.165) is 55.6 Å². The van der Waals surface area contributed by atoms with Crippen LogP contribution in [0.3, 0.4) is 0 Å². The van der Waals surface area contributed by atoms with Crippen molar-refractivity contribution in [3.8, 4) is 5.75 Å². The normalized spacial score (nSPS) is 17.1. The molecule has 5 rings (SSSR count). The Balaban J connectivity index is 1.20. The van der Waals surface area contributed by atoms with Gasteiger partial charge in [-0.3, -0.25) is 14.0 Å². The first kappa shape index (κ1) is 34.1. The van der Waals surface area contributed by atoms with Crippen molar-refractivity contribution in [3.05, 3.63) is 51.7 Å². The van der Waals surface area contributed by atoms with E-state index in [2.05, 4.69) is 17.1 Å². The molecule has 46 heavy (non-hydrogen) atoms. The summed E-state index contributed by atoms with van der Waals surface area (Å²) < 4.78 is 15.3. The van der Waals surface area contributed by atoms with Crippen molar-refractivity contribution < 1.29 is 19.1 Å². The number of ether oxygens (including phenoxy) is 2. The highest BCUT2D eigenvalue weighted by Crippen LogP contribution is 2.31. The van der Waals surface area contributed by atoms with E-state index in [1.165, 1.54) is 38.5 Å². The number of carbonyl (C=O) groups is 1. The Labute approximate surface area is 273 Å². The van der Waals surface area contributed by atoms with Crippen molar-refractivity contribution in [1.82, 2.24) is 24.4 Å². The lowest BCUT2D eigenvalue weighted by molar-refractivity contribution is -0.232. The van der Waals surface area contributed by atoms with Crippen molar-refractivity contribution in [2.24, 2.45) is 7.05 Å². The van der Waals surface area contributed by atoms with Gasteiger partial charge in [0.05, 0.1) is 12.2 Å². The number of hydrogen-bond acceptors (Lipinski definition) is 8. The summed E-state index contributed by atoms with van der Waals surface area (Å²) in [6, 6.07) is 8.37. The summed E-state index contributed by atoms with van der Waals surface area (Å²) in [5.74, 6) is 1.14.